The van der Waals surface area contributed by atoms with Crippen molar-refractivity contribution in [3.8, 4) is 0 Å². The molecule has 0 unspecified atom stereocenters. The van der Waals surface area contributed by atoms with Crippen molar-refractivity contribution in [3.63, 3.8) is 0 Å². The van der Waals surface area contributed by atoms with Crippen LogP contribution < -0.4 is 10.6 Å². The quantitative estimate of drug-likeness (QED) is 0.788. The predicted octanol–water partition coefficient (Wildman–Crippen LogP) is 1.51. The molecule has 0 spiro atoms. The van der Waals surface area contributed by atoms with E-state index in [1.807, 2.05) is 36.7 Å². The maximum Gasteiger partial charge on any atom is 0.240 e. The van der Waals surface area contributed by atoms with Crippen molar-refractivity contribution in [1.29, 1.82) is 0 Å². The Kier molecular flexibility index (Phi) is 5.22. The number of rotatable bonds is 6. The number of amides is 1. The predicted molar refractivity (Wildman–Crippen MR) is 69.7 cm³/mol. The molecule has 0 aliphatic carbocycles. The van der Waals surface area contributed by atoms with Gasteiger partial charge in [0.25, 0.3) is 0 Å². The van der Waals surface area contributed by atoms with Crippen molar-refractivity contribution in [2.45, 2.75) is 52.9 Å². The van der Waals surface area contributed by atoms with Crippen molar-refractivity contribution in [2.24, 2.45) is 0 Å². The molecule has 1 heterocycles. The van der Waals surface area contributed by atoms with Crippen LogP contribution in [0.3, 0.4) is 0 Å². The molecule has 0 radical (unpaired) electrons. The summed E-state index contributed by atoms with van der Waals surface area (Å²) >= 11 is 0. The topological polar surface area (TPSA) is 46.1 Å². The van der Waals surface area contributed by atoms with Gasteiger partial charge < -0.3 is 15.2 Å². The molecule has 0 saturated carbocycles. The first kappa shape index (κ1) is 13.8. The maximum atomic E-state index is 11.7. The minimum atomic E-state index is 0.0574. The number of nitrogens with one attached hydrogen (secondary N) is 2. The highest BCUT2D eigenvalue weighted by Gasteiger charge is 2.07. The van der Waals surface area contributed by atoms with E-state index in [-0.39, 0.29) is 11.9 Å². The summed E-state index contributed by atoms with van der Waals surface area (Å²) in [4.78, 5) is 11.7. The molecular formula is C13H23N3O. The second-order valence-electron chi connectivity index (χ2n) is 4.89. The molecule has 0 aliphatic heterocycles. The molecule has 1 rings (SSSR count). The number of carbonyl (C=O) groups excluding carboxylic acids is 1. The summed E-state index contributed by atoms with van der Waals surface area (Å²) in [6.07, 6.45) is 1.94. The highest BCUT2D eigenvalue weighted by atomic mass is 16.2. The van der Waals surface area contributed by atoms with Gasteiger partial charge in [0.15, 0.2) is 0 Å². The van der Waals surface area contributed by atoms with Gasteiger partial charge in [0.1, 0.15) is 6.54 Å². The lowest BCUT2D eigenvalue weighted by molar-refractivity contribution is -0.122. The molecule has 4 heteroatoms. The van der Waals surface area contributed by atoms with Gasteiger partial charge in [0.05, 0.1) is 0 Å². The van der Waals surface area contributed by atoms with Crippen LogP contribution in [0.1, 0.15) is 33.4 Å². The van der Waals surface area contributed by atoms with Crippen LogP contribution in [0, 0.1) is 0 Å². The van der Waals surface area contributed by atoms with E-state index in [2.05, 4.69) is 24.5 Å². The summed E-state index contributed by atoms with van der Waals surface area (Å²) in [6.45, 7) is 9.33. The minimum Gasteiger partial charge on any atom is -0.352 e. The molecule has 0 saturated heterocycles. The average molecular weight is 237 g/mol. The minimum absolute atomic E-state index is 0.0574. The molecule has 2 N–H and O–H groups in total. The monoisotopic (exact) mass is 237 g/mol. The molecule has 0 bridgehead atoms. The van der Waals surface area contributed by atoms with E-state index in [1.165, 1.54) is 0 Å². The van der Waals surface area contributed by atoms with E-state index in [1.54, 1.807) is 0 Å². The van der Waals surface area contributed by atoms with Crippen LogP contribution in [0.2, 0.25) is 0 Å². The Labute approximate surface area is 103 Å². The van der Waals surface area contributed by atoms with Crippen LogP contribution in [-0.4, -0.2) is 22.6 Å². The standard InChI is InChI=1S/C13H23N3O/c1-10(2)14-8-12-6-5-7-16(12)9-13(17)15-11(3)4/h5-7,10-11,14H,8-9H2,1-4H3,(H,15,17). The van der Waals surface area contributed by atoms with Crippen LogP contribution in [0.25, 0.3) is 0 Å². The van der Waals surface area contributed by atoms with Crippen LogP contribution in [-0.2, 0) is 17.9 Å². The lowest BCUT2D eigenvalue weighted by atomic mass is 10.3. The Hall–Kier alpha value is -1.29. The molecule has 0 fully saturated rings. The third-order valence-electron chi connectivity index (χ3n) is 2.38. The molecule has 96 valence electrons. The average Bonchev–Trinajstić information content (AvgIpc) is 2.60. The van der Waals surface area contributed by atoms with Crippen molar-refractivity contribution in [2.75, 3.05) is 0 Å². The Morgan fingerprint density at radius 3 is 2.59 bits per heavy atom. The van der Waals surface area contributed by atoms with Crippen molar-refractivity contribution in [3.05, 3.63) is 24.0 Å². The Morgan fingerprint density at radius 2 is 2.00 bits per heavy atom. The number of aromatic nitrogens is 1. The third kappa shape index (κ3) is 5.04. The van der Waals surface area contributed by atoms with Crippen LogP contribution in [0.15, 0.2) is 18.3 Å². The molecule has 1 aromatic rings. The maximum absolute atomic E-state index is 11.7. The van der Waals surface area contributed by atoms with Gasteiger partial charge in [-0.25, -0.2) is 0 Å². The molecule has 0 aromatic carbocycles. The van der Waals surface area contributed by atoms with Gasteiger partial charge in [-0.15, -0.1) is 0 Å². The fourth-order valence-electron chi connectivity index (χ4n) is 1.60. The first-order chi connectivity index (χ1) is 7.99. The summed E-state index contributed by atoms with van der Waals surface area (Å²) in [6, 6.07) is 4.65. The van der Waals surface area contributed by atoms with Gasteiger partial charge in [-0.3, -0.25) is 4.79 Å². The Bertz CT molecular complexity index is 355. The normalized spacial score (nSPS) is 11.2. The Balaban J connectivity index is 2.53. The van der Waals surface area contributed by atoms with Crippen LogP contribution >= 0.6 is 0 Å². The van der Waals surface area contributed by atoms with Gasteiger partial charge in [-0.1, -0.05) is 13.8 Å². The SMILES string of the molecule is CC(C)NCc1cccn1CC(=O)NC(C)C. The molecule has 4 nitrogen and oxygen atoms in total. The summed E-state index contributed by atoms with van der Waals surface area (Å²) in [7, 11) is 0. The second kappa shape index (κ2) is 6.45. The van der Waals surface area contributed by atoms with Crippen molar-refractivity contribution < 1.29 is 4.79 Å². The molecular weight excluding hydrogens is 214 g/mol. The lowest BCUT2D eigenvalue weighted by Gasteiger charge is -2.13. The fraction of sp³-hybridized carbons (Fsp3) is 0.615. The van der Waals surface area contributed by atoms with Gasteiger partial charge in [0.2, 0.25) is 5.91 Å². The second-order valence-corrected chi connectivity index (χ2v) is 4.89. The Morgan fingerprint density at radius 1 is 1.29 bits per heavy atom. The summed E-state index contributed by atoms with van der Waals surface area (Å²) in [5.74, 6) is 0.0574. The molecule has 1 aromatic heterocycles. The van der Waals surface area contributed by atoms with E-state index < -0.39 is 0 Å². The fourth-order valence-corrected chi connectivity index (χ4v) is 1.60. The first-order valence-electron chi connectivity index (χ1n) is 6.15. The van der Waals surface area contributed by atoms with Gasteiger partial charge in [-0.2, -0.15) is 0 Å². The molecule has 17 heavy (non-hydrogen) atoms. The van der Waals surface area contributed by atoms with Gasteiger partial charge in [0, 0.05) is 30.5 Å². The first-order valence-corrected chi connectivity index (χ1v) is 6.15. The molecule has 1 amide bonds. The third-order valence-corrected chi connectivity index (χ3v) is 2.38. The highest BCUT2D eigenvalue weighted by molar-refractivity contribution is 5.76. The zero-order chi connectivity index (χ0) is 12.8. The van der Waals surface area contributed by atoms with Crippen LogP contribution in [0.4, 0.5) is 0 Å². The zero-order valence-corrected chi connectivity index (χ0v) is 11.2. The van der Waals surface area contributed by atoms with E-state index in [0.29, 0.717) is 12.6 Å². The summed E-state index contributed by atoms with van der Waals surface area (Å²) in [5.41, 5.74) is 1.14. The van der Waals surface area contributed by atoms with Crippen molar-refractivity contribution >= 4 is 5.91 Å². The number of carbonyl (C=O) groups is 1. The van der Waals surface area contributed by atoms with Gasteiger partial charge >= 0.3 is 0 Å². The smallest absolute Gasteiger partial charge is 0.240 e. The van der Waals surface area contributed by atoms with E-state index >= 15 is 0 Å². The number of hydrogen-bond acceptors (Lipinski definition) is 2. The van der Waals surface area contributed by atoms with E-state index in [0.717, 1.165) is 12.2 Å². The highest BCUT2D eigenvalue weighted by Crippen LogP contribution is 2.02. The van der Waals surface area contributed by atoms with Crippen LogP contribution in [0.5, 0.6) is 0 Å². The van der Waals surface area contributed by atoms with E-state index in [4.69, 9.17) is 0 Å². The van der Waals surface area contributed by atoms with Gasteiger partial charge in [-0.05, 0) is 26.0 Å². The molecule has 0 aliphatic rings. The zero-order valence-electron chi connectivity index (χ0n) is 11.2. The summed E-state index contributed by atoms with van der Waals surface area (Å²) in [5, 5.41) is 6.24. The number of nitrogens with zero attached hydrogens (tertiary/aromatic N) is 1. The number of hydrogen-bond donors (Lipinski definition) is 2. The molecule has 0 atom stereocenters. The van der Waals surface area contributed by atoms with Crippen molar-refractivity contribution in [1.82, 2.24) is 15.2 Å². The lowest BCUT2D eigenvalue weighted by Crippen LogP contribution is -2.33. The largest absolute Gasteiger partial charge is 0.352 e. The summed E-state index contributed by atoms with van der Waals surface area (Å²) < 4.78 is 1.98. The van der Waals surface area contributed by atoms with E-state index in [9.17, 15) is 4.79 Å².